The molecule has 7 unspecified atom stereocenters. The SMILES string of the molecule is COC(=O)c1c(OC2CC(C)(O)C(O)C(C)O2)cc2cc3c(c(O)c2c1C)C(=O)C1(O)C(=O)C=C(OC)C(O)C1(O)C3=O. The van der Waals surface area contributed by atoms with E-state index in [1.54, 1.807) is 0 Å². The van der Waals surface area contributed by atoms with Gasteiger partial charge in [0.2, 0.25) is 34.8 Å². The molecule has 0 saturated carbocycles. The fraction of sp³-hybridized carbons (Fsp3) is 0.448. The normalized spacial score (nSPS) is 33.9. The molecule has 43 heavy (non-hydrogen) atoms. The predicted octanol–water partition coefficient (Wildman–Crippen LogP) is -0.419. The number of carbonyl (C=O) groups is 4. The minimum absolute atomic E-state index is 0.0000488. The second-order valence-corrected chi connectivity index (χ2v) is 11.2. The lowest BCUT2D eigenvalue weighted by Gasteiger charge is -2.47. The summed E-state index contributed by atoms with van der Waals surface area (Å²) in [5.74, 6) is -7.07. The van der Waals surface area contributed by atoms with E-state index >= 15 is 0 Å². The van der Waals surface area contributed by atoms with Gasteiger partial charge in [-0.3, -0.25) is 14.4 Å². The molecule has 0 amide bonds. The van der Waals surface area contributed by atoms with Crippen LogP contribution in [0, 0.1) is 6.92 Å². The molecule has 2 aromatic rings. The number of aryl methyl sites for hydroxylation is 1. The summed E-state index contributed by atoms with van der Waals surface area (Å²) >= 11 is 0. The molecule has 14 nitrogen and oxygen atoms in total. The first-order chi connectivity index (χ1) is 20.0. The van der Waals surface area contributed by atoms with E-state index in [0.717, 1.165) is 20.3 Å². The molecule has 14 heteroatoms. The number of ketones is 3. The molecule has 0 radical (unpaired) electrons. The fourth-order valence-electron chi connectivity index (χ4n) is 6.15. The molecule has 2 aliphatic carbocycles. The number of benzene rings is 2. The van der Waals surface area contributed by atoms with Crippen molar-refractivity contribution in [3.63, 3.8) is 0 Å². The molecular formula is C29H30O14. The number of hydrogen-bond donors (Lipinski definition) is 6. The molecule has 1 aliphatic heterocycles. The van der Waals surface area contributed by atoms with Crippen molar-refractivity contribution >= 4 is 34.1 Å². The monoisotopic (exact) mass is 602 g/mol. The van der Waals surface area contributed by atoms with Gasteiger partial charge in [0.15, 0.2) is 6.10 Å². The lowest BCUT2D eigenvalue weighted by atomic mass is 9.60. The maximum absolute atomic E-state index is 13.7. The molecule has 3 aliphatic rings. The number of rotatable bonds is 4. The summed E-state index contributed by atoms with van der Waals surface area (Å²) in [6.45, 7) is 4.27. The lowest BCUT2D eigenvalue weighted by Crippen LogP contribution is -2.76. The summed E-state index contributed by atoms with van der Waals surface area (Å²) in [4.78, 5) is 53.3. The van der Waals surface area contributed by atoms with Crippen LogP contribution in [0.3, 0.4) is 0 Å². The summed E-state index contributed by atoms with van der Waals surface area (Å²) in [5, 5.41) is 65.5. The average Bonchev–Trinajstić information content (AvgIpc) is 2.94. The van der Waals surface area contributed by atoms with Crippen molar-refractivity contribution < 1.29 is 68.8 Å². The summed E-state index contributed by atoms with van der Waals surface area (Å²) in [5.41, 5.74) is -10.2. The minimum atomic E-state index is -3.51. The summed E-state index contributed by atoms with van der Waals surface area (Å²) < 4.78 is 21.4. The largest absolute Gasteiger partial charge is 0.507 e. The van der Waals surface area contributed by atoms with Crippen molar-refractivity contribution in [3.8, 4) is 11.5 Å². The van der Waals surface area contributed by atoms with Crippen molar-refractivity contribution in [1.29, 1.82) is 0 Å². The highest BCUT2D eigenvalue weighted by Crippen LogP contribution is 2.49. The molecule has 5 rings (SSSR count). The van der Waals surface area contributed by atoms with Crippen LogP contribution in [0.2, 0.25) is 0 Å². The number of phenolic OH excluding ortho intramolecular Hbond substituents is 1. The van der Waals surface area contributed by atoms with Gasteiger partial charge < -0.3 is 49.6 Å². The van der Waals surface area contributed by atoms with Gasteiger partial charge in [-0.25, -0.2) is 4.79 Å². The quantitative estimate of drug-likeness (QED) is 0.193. The number of ether oxygens (including phenoxy) is 4. The van der Waals surface area contributed by atoms with Gasteiger partial charge in [-0.1, -0.05) is 0 Å². The van der Waals surface area contributed by atoms with E-state index in [-0.39, 0.29) is 34.1 Å². The third kappa shape index (κ3) is 3.95. The van der Waals surface area contributed by atoms with Gasteiger partial charge in [-0.2, -0.15) is 0 Å². The number of esters is 1. The Kier molecular flexibility index (Phi) is 6.96. The smallest absolute Gasteiger partial charge is 0.341 e. The van der Waals surface area contributed by atoms with E-state index < -0.39 is 87.4 Å². The van der Waals surface area contributed by atoms with Crippen LogP contribution in [-0.2, 0) is 19.0 Å². The highest BCUT2D eigenvalue weighted by molar-refractivity contribution is 6.35. The van der Waals surface area contributed by atoms with Gasteiger partial charge in [-0.05, 0) is 43.9 Å². The van der Waals surface area contributed by atoms with E-state index in [4.69, 9.17) is 18.9 Å². The summed E-state index contributed by atoms with van der Waals surface area (Å²) in [7, 11) is 2.13. The number of Topliss-reactive ketones (excluding diaryl/α,β-unsaturated/α-hetero) is 2. The first kappa shape index (κ1) is 30.5. The van der Waals surface area contributed by atoms with E-state index in [1.165, 1.54) is 26.8 Å². The number of fused-ring (bicyclic) bond motifs is 3. The third-order valence-corrected chi connectivity index (χ3v) is 8.52. The van der Waals surface area contributed by atoms with Crippen molar-refractivity contribution in [2.45, 2.75) is 68.6 Å². The topological polar surface area (TPSA) is 227 Å². The Balaban J connectivity index is 1.74. The molecule has 6 N–H and O–H groups in total. The van der Waals surface area contributed by atoms with E-state index in [9.17, 15) is 49.8 Å². The Labute approximate surface area is 243 Å². The maximum Gasteiger partial charge on any atom is 0.341 e. The molecule has 2 aromatic carbocycles. The number of hydrogen-bond acceptors (Lipinski definition) is 14. The van der Waals surface area contributed by atoms with Crippen LogP contribution in [0.5, 0.6) is 11.5 Å². The van der Waals surface area contributed by atoms with Crippen LogP contribution in [0.4, 0.5) is 0 Å². The Morgan fingerprint density at radius 2 is 1.72 bits per heavy atom. The van der Waals surface area contributed by atoms with Crippen LogP contribution in [-0.4, -0.2) is 110 Å². The van der Waals surface area contributed by atoms with E-state index in [0.29, 0.717) is 6.08 Å². The Hall–Kier alpha value is -3.92. The molecule has 0 bridgehead atoms. The van der Waals surface area contributed by atoms with Crippen molar-refractivity contribution in [2.75, 3.05) is 14.2 Å². The molecule has 7 atom stereocenters. The molecule has 1 saturated heterocycles. The van der Waals surface area contributed by atoms with Crippen molar-refractivity contribution in [2.24, 2.45) is 0 Å². The zero-order valence-corrected chi connectivity index (χ0v) is 23.7. The summed E-state index contributed by atoms with van der Waals surface area (Å²) in [6, 6.07) is 2.28. The van der Waals surface area contributed by atoms with Gasteiger partial charge in [0.05, 0.1) is 31.5 Å². The second-order valence-electron chi connectivity index (χ2n) is 11.2. The van der Waals surface area contributed by atoms with Crippen LogP contribution in [0.25, 0.3) is 10.8 Å². The van der Waals surface area contributed by atoms with Crippen molar-refractivity contribution in [1.82, 2.24) is 0 Å². The Bertz CT molecular complexity index is 1640. The third-order valence-electron chi connectivity index (χ3n) is 8.52. The molecule has 230 valence electrons. The minimum Gasteiger partial charge on any atom is -0.507 e. The highest BCUT2D eigenvalue weighted by Gasteiger charge is 2.73. The standard InChI is InChI=1S/C29H30O14/c1-10-18-12(7-14(19(10)26(36)41-5)43-17-9-27(3,37)22(32)11(2)42-17)6-13-20(21(18)31)25(35)28(38)16(30)8-15(40-4)24(34)29(28,39)23(13)33/h6-8,11,17,22,24,31-32,34,37-39H,9H2,1-5H3. The second kappa shape index (κ2) is 9.80. The van der Waals surface area contributed by atoms with E-state index in [2.05, 4.69) is 0 Å². The Morgan fingerprint density at radius 3 is 2.30 bits per heavy atom. The van der Waals surface area contributed by atoms with Gasteiger partial charge in [-0.15, -0.1) is 0 Å². The van der Waals surface area contributed by atoms with Crippen LogP contribution in [0.15, 0.2) is 24.0 Å². The van der Waals surface area contributed by atoms with Crippen LogP contribution >= 0.6 is 0 Å². The first-order valence-electron chi connectivity index (χ1n) is 13.1. The first-order valence-corrected chi connectivity index (χ1v) is 13.1. The lowest BCUT2D eigenvalue weighted by molar-refractivity contribution is -0.248. The molecular weight excluding hydrogens is 572 g/mol. The number of phenols is 1. The van der Waals surface area contributed by atoms with Crippen molar-refractivity contribution in [3.05, 3.63) is 46.2 Å². The van der Waals surface area contributed by atoms with Gasteiger partial charge in [0.25, 0.3) is 0 Å². The Morgan fingerprint density at radius 1 is 1.07 bits per heavy atom. The predicted molar refractivity (Wildman–Crippen MR) is 143 cm³/mol. The summed E-state index contributed by atoms with van der Waals surface area (Å²) in [6.07, 6.45) is -5.27. The van der Waals surface area contributed by atoms with E-state index in [1.807, 2.05) is 0 Å². The average molecular weight is 603 g/mol. The number of carbonyl (C=O) groups excluding carboxylic acids is 4. The molecule has 1 fully saturated rings. The van der Waals surface area contributed by atoms with Crippen LogP contribution < -0.4 is 4.74 Å². The number of aliphatic hydroxyl groups excluding tert-OH is 2. The van der Waals surface area contributed by atoms with Gasteiger partial charge in [0.1, 0.15) is 28.9 Å². The van der Waals surface area contributed by atoms with Gasteiger partial charge in [0, 0.05) is 23.4 Å². The maximum atomic E-state index is 13.7. The highest BCUT2D eigenvalue weighted by atomic mass is 16.7. The molecule has 1 heterocycles. The number of methoxy groups -OCH3 is 2. The molecule has 0 aromatic heterocycles. The fourth-order valence-corrected chi connectivity index (χ4v) is 6.15. The zero-order valence-electron chi connectivity index (χ0n) is 23.7. The van der Waals surface area contributed by atoms with Crippen LogP contribution in [0.1, 0.15) is 56.9 Å². The number of aliphatic hydroxyl groups is 5. The molecule has 0 spiro atoms. The van der Waals surface area contributed by atoms with Gasteiger partial charge >= 0.3 is 5.97 Å². The number of aromatic hydroxyl groups is 1. The zero-order chi connectivity index (χ0) is 32.0.